The minimum atomic E-state index is -4.10. The first kappa shape index (κ1) is 16.8. The average molecular weight is 252 g/mol. The van der Waals surface area contributed by atoms with Gasteiger partial charge in [0.15, 0.2) is 0 Å². The smallest absolute Gasteiger partial charge is 0.171 e. The van der Waals surface area contributed by atoms with E-state index in [-0.39, 0.29) is 11.8 Å². The summed E-state index contributed by atoms with van der Waals surface area (Å²) < 4.78 is 38.8. The Kier molecular flexibility index (Phi) is 6.03. The summed E-state index contributed by atoms with van der Waals surface area (Å²) in [5.41, 5.74) is -1.76. The van der Waals surface area contributed by atoms with E-state index < -0.39 is 11.6 Å². The van der Waals surface area contributed by atoms with Crippen LogP contribution in [0.3, 0.4) is 0 Å². The zero-order valence-electron chi connectivity index (χ0n) is 11.9. The number of rotatable bonds is 7. The van der Waals surface area contributed by atoms with Crippen LogP contribution in [0.15, 0.2) is 0 Å². The largest absolute Gasteiger partial charge is 0.393 e. The third-order valence-corrected chi connectivity index (χ3v) is 3.62. The van der Waals surface area contributed by atoms with Crippen LogP contribution in [0.5, 0.6) is 0 Å². The predicted molar refractivity (Wildman–Crippen MR) is 67.0 cm³/mol. The number of hydrogen-bond donors (Lipinski definition) is 0. The highest BCUT2D eigenvalue weighted by Crippen LogP contribution is 2.48. The number of alkyl halides is 3. The Bertz CT molecular complexity index is 218. The molecule has 17 heavy (non-hydrogen) atoms. The lowest BCUT2D eigenvalue weighted by Crippen LogP contribution is -2.37. The highest BCUT2D eigenvalue weighted by molar-refractivity contribution is 4.86. The first-order chi connectivity index (χ1) is 7.58. The summed E-state index contributed by atoms with van der Waals surface area (Å²) in [6, 6.07) is 0. The second-order valence-corrected chi connectivity index (χ2v) is 6.22. The van der Waals surface area contributed by atoms with Gasteiger partial charge in [-0.1, -0.05) is 53.9 Å². The molecule has 0 bridgehead atoms. The molecule has 0 heterocycles. The molecule has 0 amide bonds. The molecule has 1 unspecified atom stereocenters. The van der Waals surface area contributed by atoms with Gasteiger partial charge in [-0.25, -0.2) is 0 Å². The fourth-order valence-corrected chi connectivity index (χ4v) is 2.68. The molecule has 0 aliphatic carbocycles. The fraction of sp³-hybridized carbons (Fsp3) is 1.00. The van der Waals surface area contributed by atoms with E-state index in [1.807, 2.05) is 13.8 Å². The van der Waals surface area contributed by atoms with Crippen molar-refractivity contribution < 1.29 is 13.2 Å². The van der Waals surface area contributed by atoms with E-state index in [9.17, 15) is 13.2 Å². The maximum absolute atomic E-state index is 12.9. The lowest BCUT2D eigenvalue weighted by atomic mass is 9.69. The van der Waals surface area contributed by atoms with Crippen molar-refractivity contribution in [1.29, 1.82) is 0 Å². The Balaban J connectivity index is 4.74. The molecule has 0 spiro atoms. The van der Waals surface area contributed by atoms with Crippen molar-refractivity contribution in [3.63, 3.8) is 0 Å². The van der Waals surface area contributed by atoms with Crippen molar-refractivity contribution in [2.45, 2.75) is 79.3 Å². The molecule has 0 aromatic carbocycles. The van der Waals surface area contributed by atoms with Gasteiger partial charge in [-0.3, -0.25) is 0 Å². The quantitative estimate of drug-likeness (QED) is 0.524. The molecule has 0 aliphatic rings. The number of unbranched alkanes of at least 4 members (excludes halogenated alkanes) is 1. The van der Waals surface area contributed by atoms with Crippen LogP contribution in [0.25, 0.3) is 0 Å². The first-order valence-corrected chi connectivity index (χ1v) is 6.65. The zero-order chi connectivity index (χ0) is 13.7. The van der Waals surface area contributed by atoms with Crippen molar-refractivity contribution in [2.24, 2.45) is 10.8 Å². The van der Waals surface area contributed by atoms with E-state index in [0.717, 1.165) is 32.1 Å². The van der Waals surface area contributed by atoms with Gasteiger partial charge in [0.05, 0.1) is 5.41 Å². The molecular weight excluding hydrogens is 225 g/mol. The van der Waals surface area contributed by atoms with Gasteiger partial charge >= 0.3 is 6.18 Å². The standard InChI is InChI=1S/C14H27F3/c1-6-8-10-13(5,9-7-2)11-12(3,4)14(15,16)17/h6-11H2,1-5H3. The molecule has 0 saturated heterocycles. The summed E-state index contributed by atoms with van der Waals surface area (Å²) in [7, 11) is 0. The molecule has 0 aromatic heterocycles. The van der Waals surface area contributed by atoms with Gasteiger partial charge in [-0.15, -0.1) is 0 Å². The summed E-state index contributed by atoms with van der Waals surface area (Å²) in [6.45, 7) is 8.80. The summed E-state index contributed by atoms with van der Waals surface area (Å²) >= 11 is 0. The van der Waals surface area contributed by atoms with Gasteiger partial charge in [-0.05, 0) is 24.7 Å². The van der Waals surface area contributed by atoms with Gasteiger partial charge in [0.1, 0.15) is 0 Å². The Hall–Kier alpha value is -0.210. The van der Waals surface area contributed by atoms with Crippen molar-refractivity contribution in [1.82, 2.24) is 0 Å². The Labute approximate surface area is 104 Å². The van der Waals surface area contributed by atoms with Crippen LogP contribution in [0.2, 0.25) is 0 Å². The molecule has 1 atom stereocenters. The van der Waals surface area contributed by atoms with Crippen LogP contribution in [0, 0.1) is 10.8 Å². The molecule has 0 saturated carbocycles. The van der Waals surface area contributed by atoms with Crippen molar-refractivity contribution in [3.05, 3.63) is 0 Å². The summed E-state index contributed by atoms with van der Waals surface area (Å²) in [4.78, 5) is 0. The molecule has 104 valence electrons. The number of hydrogen-bond acceptors (Lipinski definition) is 0. The van der Waals surface area contributed by atoms with E-state index in [1.165, 1.54) is 13.8 Å². The minimum absolute atomic E-state index is 0.177. The van der Waals surface area contributed by atoms with Crippen LogP contribution in [0.4, 0.5) is 13.2 Å². The second-order valence-electron chi connectivity index (χ2n) is 6.22. The first-order valence-electron chi connectivity index (χ1n) is 6.65. The Morgan fingerprint density at radius 1 is 0.824 bits per heavy atom. The lowest BCUT2D eigenvalue weighted by Gasteiger charge is -2.39. The lowest BCUT2D eigenvalue weighted by molar-refractivity contribution is -0.222. The van der Waals surface area contributed by atoms with Crippen LogP contribution < -0.4 is 0 Å². The molecule has 3 heteroatoms. The molecular formula is C14H27F3. The fourth-order valence-electron chi connectivity index (χ4n) is 2.68. The van der Waals surface area contributed by atoms with Gasteiger partial charge in [0, 0.05) is 0 Å². The summed E-state index contributed by atoms with van der Waals surface area (Å²) in [5, 5.41) is 0. The van der Waals surface area contributed by atoms with Crippen LogP contribution in [-0.2, 0) is 0 Å². The monoisotopic (exact) mass is 252 g/mol. The van der Waals surface area contributed by atoms with Gasteiger partial charge in [-0.2, -0.15) is 13.2 Å². The third-order valence-electron chi connectivity index (χ3n) is 3.62. The maximum Gasteiger partial charge on any atom is 0.393 e. The Morgan fingerprint density at radius 2 is 1.35 bits per heavy atom. The predicted octanol–water partition coefficient (Wildman–Crippen LogP) is 5.96. The molecule has 0 radical (unpaired) electrons. The molecule has 0 aliphatic heterocycles. The second kappa shape index (κ2) is 6.10. The highest BCUT2D eigenvalue weighted by Gasteiger charge is 2.49. The van der Waals surface area contributed by atoms with E-state index in [2.05, 4.69) is 6.92 Å². The highest BCUT2D eigenvalue weighted by atomic mass is 19.4. The number of halogens is 3. The topological polar surface area (TPSA) is 0 Å². The van der Waals surface area contributed by atoms with Crippen molar-refractivity contribution >= 4 is 0 Å². The normalized spacial score (nSPS) is 16.9. The molecule has 0 fully saturated rings. The Morgan fingerprint density at radius 3 is 1.71 bits per heavy atom. The van der Waals surface area contributed by atoms with E-state index in [4.69, 9.17) is 0 Å². The van der Waals surface area contributed by atoms with Crippen molar-refractivity contribution in [2.75, 3.05) is 0 Å². The van der Waals surface area contributed by atoms with Gasteiger partial charge in [0.25, 0.3) is 0 Å². The zero-order valence-corrected chi connectivity index (χ0v) is 11.9. The van der Waals surface area contributed by atoms with Crippen molar-refractivity contribution in [3.8, 4) is 0 Å². The van der Waals surface area contributed by atoms with E-state index in [1.54, 1.807) is 0 Å². The summed E-state index contributed by atoms with van der Waals surface area (Å²) in [5.74, 6) is 0. The van der Waals surface area contributed by atoms with Crippen LogP contribution >= 0.6 is 0 Å². The molecule has 0 aromatic rings. The van der Waals surface area contributed by atoms with Gasteiger partial charge in [0.2, 0.25) is 0 Å². The van der Waals surface area contributed by atoms with E-state index in [0.29, 0.717) is 0 Å². The minimum Gasteiger partial charge on any atom is -0.171 e. The summed E-state index contributed by atoms with van der Waals surface area (Å²) in [6.07, 6.45) is 0.930. The van der Waals surface area contributed by atoms with Crippen LogP contribution in [0.1, 0.15) is 73.1 Å². The third kappa shape index (κ3) is 5.31. The van der Waals surface area contributed by atoms with Crippen LogP contribution in [-0.4, -0.2) is 6.18 Å². The maximum atomic E-state index is 12.9. The SMILES string of the molecule is CCCCC(C)(CCC)CC(C)(C)C(F)(F)F. The van der Waals surface area contributed by atoms with Gasteiger partial charge < -0.3 is 0 Å². The average Bonchev–Trinajstić information content (AvgIpc) is 2.12. The molecule has 0 rings (SSSR count). The molecule has 0 N–H and O–H groups in total. The van der Waals surface area contributed by atoms with E-state index >= 15 is 0 Å². The molecule has 0 nitrogen and oxygen atoms in total.